The SMILES string of the molecule is C[C@H](NC[C@H](O)CO[C@@H]1C[C@@H]2CC[C@]1(C)C2(C)C)c1ccccc1. The van der Waals surface area contributed by atoms with Crippen LogP contribution in [0.4, 0.5) is 0 Å². The second kappa shape index (κ2) is 6.78. The van der Waals surface area contributed by atoms with Gasteiger partial charge in [0, 0.05) is 12.6 Å². The highest BCUT2D eigenvalue weighted by Crippen LogP contribution is 2.66. The molecule has 0 heterocycles. The molecule has 2 bridgehead atoms. The summed E-state index contributed by atoms with van der Waals surface area (Å²) in [6.07, 6.45) is 3.59. The van der Waals surface area contributed by atoms with Gasteiger partial charge in [0.05, 0.1) is 18.8 Å². The number of nitrogens with one attached hydrogen (secondary N) is 1. The minimum Gasteiger partial charge on any atom is -0.389 e. The molecule has 0 spiro atoms. The lowest BCUT2D eigenvalue weighted by atomic mass is 9.70. The molecule has 1 aromatic rings. The van der Waals surface area contributed by atoms with Gasteiger partial charge in [-0.05, 0) is 48.5 Å². The van der Waals surface area contributed by atoms with E-state index in [1.165, 1.54) is 18.4 Å². The van der Waals surface area contributed by atoms with Crippen molar-refractivity contribution in [1.29, 1.82) is 0 Å². The van der Waals surface area contributed by atoms with Gasteiger partial charge in [-0.3, -0.25) is 0 Å². The minimum absolute atomic E-state index is 0.236. The third-order valence-electron chi connectivity index (χ3n) is 7.16. The number of fused-ring (bicyclic) bond motifs is 2. The zero-order valence-corrected chi connectivity index (χ0v) is 15.6. The van der Waals surface area contributed by atoms with Gasteiger partial charge in [-0.15, -0.1) is 0 Å². The molecule has 3 rings (SSSR count). The van der Waals surface area contributed by atoms with Crippen LogP contribution >= 0.6 is 0 Å². The van der Waals surface area contributed by atoms with E-state index in [4.69, 9.17) is 4.74 Å². The predicted octanol–water partition coefficient (Wildman–Crippen LogP) is 3.93. The maximum Gasteiger partial charge on any atom is 0.0898 e. The Hall–Kier alpha value is -0.900. The first kappa shape index (κ1) is 17.9. The summed E-state index contributed by atoms with van der Waals surface area (Å²) in [5.74, 6) is 0.779. The number of benzene rings is 1. The van der Waals surface area contributed by atoms with Crippen LogP contribution in [0.5, 0.6) is 0 Å². The molecule has 0 aliphatic heterocycles. The molecular formula is C21H33NO2. The van der Waals surface area contributed by atoms with E-state index < -0.39 is 6.10 Å². The van der Waals surface area contributed by atoms with E-state index in [-0.39, 0.29) is 11.5 Å². The third kappa shape index (κ3) is 3.14. The first-order valence-electron chi connectivity index (χ1n) is 9.42. The van der Waals surface area contributed by atoms with E-state index in [9.17, 15) is 5.11 Å². The number of aliphatic hydroxyl groups excluding tert-OH is 1. The molecule has 2 saturated carbocycles. The van der Waals surface area contributed by atoms with Gasteiger partial charge in [-0.2, -0.15) is 0 Å². The molecule has 24 heavy (non-hydrogen) atoms. The molecule has 2 aliphatic carbocycles. The monoisotopic (exact) mass is 331 g/mol. The van der Waals surface area contributed by atoms with Gasteiger partial charge in [-0.25, -0.2) is 0 Å². The van der Waals surface area contributed by atoms with Crippen LogP contribution in [-0.4, -0.2) is 30.5 Å². The topological polar surface area (TPSA) is 41.5 Å². The molecular weight excluding hydrogens is 298 g/mol. The van der Waals surface area contributed by atoms with Crippen molar-refractivity contribution >= 4 is 0 Å². The fourth-order valence-electron chi connectivity index (χ4n) is 4.84. The summed E-state index contributed by atoms with van der Waals surface area (Å²) in [4.78, 5) is 0. The van der Waals surface area contributed by atoms with Gasteiger partial charge < -0.3 is 15.2 Å². The number of hydrogen-bond acceptors (Lipinski definition) is 3. The Morgan fingerprint density at radius 3 is 2.54 bits per heavy atom. The summed E-state index contributed by atoms with van der Waals surface area (Å²) >= 11 is 0. The largest absolute Gasteiger partial charge is 0.389 e. The third-order valence-corrected chi connectivity index (χ3v) is 7.16. The Morgan fingerprint density at radius 2 is 1.96 bits per heavy atom. The molecule has 1 aromatic carbocycles. The Balaban J connectivity index is 1.44. The number of rotatable bonds is 7. The Labute approximate surface area is 146 Å². The molecule has 0 radical (unpaired) electrons. The van der Waals surface area contributed by atoms with E-state index in [2.05, 4.69) is 45.1 Å². The highest BCUT2D eigenvalue weighted by Gasteiger charge is 2.61. The molecule has 134 valence electrons. The van der Waals surface area contributed by atoms with Gasteiger partial charge in [0.2, 0.25) is 0 Å². The molecule has 3 nitrogen and oxygen atoms in total. The van der Waals surface area contributed by atoms with Crippen LogP contribution in [0.25, 0.3) is 0 Å². The summed E-state index contributed by atoms with van der Waals surface area (Å²) in [6.45, 7) is 10.3. The highest BCUT2D eigenvalue weighted by molar-refractivity contribution is 5.18. The quantitative estimate of drug-likeness (QED) is 0.795. The molecule has 0 unspecified atom stereocenters. The van der Waals surface area contributed by atoms with E-state index in [0.29, 0.717) is 24.7 Å². The normalized spacial score (nSPS) is 33.5. The molecule has 0 saturated heterocycles. The van der Waals surface area contributed by atoms with Crippen molar-refractivity contribution in [2.24, 2.45) is 16.7 Å². The number of hydrogen-bond donors (Lipinski definition) is 2. The molecule has 2 N–H and O–H groups in total. The average molecular weight is 332 g/mol. The number of aliphatic hydroxyl groups is 1. The maximum absolute atomic E-state index is 10.3. The zero-order chi connectivity index (χ0) is 17.4. The Bertz CT molecular complexity index is 544. The Kier molecular flexibility index (Phi) is 5.06. The fraction of sp³-hybridized carbons (Fsp3) is 0.714. The van der Waals surface area contributed by atoms with Crippen molar-refractivity contribution in [2.45, 2.75) is 65.2 Å². The molecule has 2 fully saturated rings. The lowest BCUT2D eigenvalue weighted by Crippen LogP contribution is -2.40. The van der Waals surface area contributed by atoms with Crippen LogP contribution in [-0.2, 0) is 4.74 Å². The van der Waals surface area contributed by atoms with Crippen LogP contribution in [0.15, 0.2) is 30.3 Å². The summed E-state index contributed by atoms with van der Waals surface area (Å²) in [6, 6.07) is 10.6. The smallest absolute Gasteiger partial charge is 0.0898 e. The zero-order valence-electron chi connectivity index (χ0n) is 15.6. The molecule has 2 aliphatic rings. The van der Waals surface area contributed by atoms with Crippen molar-refractivity contribution in [1.82, 2.24) is 5.32 Å². The van der Waals surface area contributed by atoms with Crippen molar-refractivity contribution in [2.75, 3.05) is 13.2 Å². The number of ether oxygens (including phenoxy) is 1. The van der Waals surface area contributed by atoms with Crippen LogP contribution in [0.1, 0.15) is 58.6 Å². The first-order chi connectivity index (χ1) is 11.3. The Morgan fingerprint density at radius 1 is 1.25 bits per heavy atom. The van der Waals surface area contributed by atoms with Crippen LogP contribution < -0.4 is 5.32 Å². The van der Waals surface area contributed by atoms with Crippen LogP contribution in [0, 0.1) is 16.7 Å². The predicted molar refractivity (Wildman–Crippen MR) is 97.8 cm³/mol. The standard InChI is InChI=1S/C21H33NO2/c1-15(16-8-6-5-7-9-16)22-13-18(23)14-24-19-12-17-10-11-21(19,4)20(17,2)3/h5-9,15,17-19,22-23H,10-14H2,1-4H3/t15-,17-,18-,19+,21-/m0/s1. The van der Waals surface area contributed by atoms with Gasteiger partial charge in [0.25, 0.3) is 0 Å². The van der Waals surface area contributed by atoms with Gasteiger partial charge >= 0.3 is 0 Å². The van der Waals surface area contributed by atoms with Crippen LogP contribution in [0.3, 0.4) is 0 Å². The molecule has 5 atom stereocenters. The minimum atomic E-state index is -0.456. The van der Waals surface area contributed by atoms with Crippen molar-refractivity contribution in [3.05, 3.63) is 35.9 Å². The summed E-state index contributed by atoms with van der Waals surface area (Å²) in [5.41, 5.74) is 1.87. The second-order valence-corrected chi connectivity index (χ2v) is 8.63. The summed E-state index contributed by atoms with van der Waals surface area (Å²) < 4.78 is 6.19. The lowest BCUT2D eigenvalue weighted by molar-refractivity contribution is -0.0744. The van der Waals surface area contributed by atoms with Crippen molar-refractivity contribution < 1.29 is 9.84 Å². The van der Waals surface area contributed by atoms with Gasteiger partial charge in [-0.1, -0.05) is 51.1 Å². The molecule has 3 heteroatoms. The summed E-state index contributed by atoms with van der Waals surface area (Å²) in [5, 5.41) is 13.7. The average Bonchev–Trinajstić information content (AvgIpc) is 2.91. The summed E-state index contributed by atoms with van der Waals surface area (Å²) in [7, 11) is 0. The maximum atomic E-state index is 10.3. The van der Waals surface area contributed by atoms with Gasteiger partial charge in [0.1, 0.15) is 0 Å². The van der Waals surface area contributed by atoms with E-state index >= 15 is 0 Å². The molecule has 0 amide bonds. The van der Waals surface area contributed by atoms with Gasteiger partial charge in [0.15, 0.2) is 0 Å². The lowest BCUT2D eigenvalue weighted by Gasteiger charge is -2.39. The highest BCUT2D eigenvalue weighted by atomic mass is 16.5. The van der Waals surface area contributed by atoms with E-state index in [1.807, 2.05) is 18.2 Å². The van der Waals surface area contributed by atoms with Crippen molar-refractivity contribution in [3.8, 4) is 0 Å². The fourth-order valence-corrected chi connectivity index (χ4v) is 4.84. The van der Waals surface area contributed by atoms with Crippen LogP contribution in [0.2, 0.25) is 0 Å². The molecule has 0 aromatic heterocycles. The first-order valence-corrected chi connectivity index (χ1v) is 9.42. The van der Waals surface area contributed by atoms with Crippen molar-refractivity contribution in [3.63, 3.8) is 0 Å². The second-order valence-electron chi connectivity index (χ2n) is 8.63. The van der Waals surface area contributed by atoms with E-state index in [0.717, 1.165) is 12.3 Å². The van der Waals surface area contributed by atoms with E-state index in [1.54, 1.807) is 0 Å².